The molecule has 5 heteroatoms. The molecule has 3 atom stereocenters. The fourth-order valence-corrected chi connectivity index (χ4v) is 6.11. The van der Waals surface area contributed by atoms with Crippen LogP contribution in [0.2, 0.25) is 0 Å². The Morgan fingerprint density at radius 2 is 1.40 bits per heavy atom. The molecule has 5 nitrogen and oxygen atoms in total. The number of allylic oxidation sites excluding steroid dienone is 5. The van der Waals surface area contributed by atoms with Crippen LogP contribution in [0, 0.1) is 17.8 Å². The zero-order chi connectivity index (χ0) is 34.8. The fourth-order valence-electron chi connectivity index (χ4n) is 6.11. The average Bonchev–Trinajstić information content (AvgIpc) is 3.01. The first-order valence-electron chi connectivity index (χ1n) is 18.1. The van der Waals surface area contributed by atoms with Gasteiger partial charge in [-0.05, 0) is 83.9 Å². The number of carbonyl (C=O) groups excluding carboxylic acids is 3. The molecule has 47 heavy (non-hydrogen) atoms. The zero-order valence-electron chi connectivity index (χ0n) is 30.8. The maximum absolute atomic E-state index is 13.4. The molecule has 0 spiro atoms. The Hall–Kier alpha value is -3.05. The molecule has 1 aromatic rings. The van der Waals surface area contributed by atoms with Crippen molar-refractivity contribution in [1.29, 1.82) is 0 Å². The summed E-state index contributed by atoms with van der Waals surface area (Å²) in [4.78, 5) is 42.0. The van der Waals surface area contributed by atoms with Crippen LogP contribution in [0.15, 0.2) is 71.4 Å². The number of rotatable bonds is 22. The van der Waals surface area contributed by atoms with E-state index in [0.717, 1.165) is 44.1 Å². The summed E-state index contributed by atoms with van der Waals surface area (Å²) in [6.45, 7) is 13.9. The molecule has 3 unspecified atom stereocenters. The normalized spacial score (nSPS) is 16.1. The van der Waals surface area contributed by atoms with Crippen molar-refractivity contribution >= 4 is 17.5 Å². The molecule has 0 bridgehead atoms. The highest BCUT2D eigenvalue weighted by Gasteiger charge is 2.29. The van der Waals surface area contributed by atoms with Crippen molar-refractivity contribution < 1.29 is 19.1 Å². The molecule has 0 heterocycles. The van der Waals surface area contributed by atoms with Gasteiger partial charge in [0.05, 0.1) is 0 Å². The van der Waals surface area contributed by atoms with Crippen LogP contribution < -0.4 is 0 Å². The monoisotopic (exact) mass is 645 g/mol. The Balaban J connectivity index is 2.02. The largest absolute Gasteiger partial charge is 0.455 e. The number of carbonyl (C=O) groups is 3. The first-order chi connectivity index (χ1) is 22.4. The van der Waals surface area contributed by atoms with Crippen molar-refractivity contribution in [2.75, 3.05) is 20.6 Å². The molecule has 0 N–H and O–H groups in total. The third-order valence-corrected chi connectivity index (χ3v) is 9.20. The van der Waals surface area contributed by atoms with E-state index in [-0.39, 0.29) is 30.1 Å². The van der Waals surface area contributed by atoms with Gasteiger partial charge in [0, 0.05) is 34.4 Å². The number of ether oxygens (including phenoxy) is 1. The van der Waals surface area contributed by atoms with Gasteiger partial charge in [0.2, 0.25) is 0 Å². The van der Waals surface area contributed by atoms with Crippen molar-refractivity contribution in [3.8, 4) is 0 Å². The van der Waals surface area contributed by atoms with Crippen LogP contribution in [-0.4, -0.2) is 49.2 Å². The number of esters is 1. The smallest absolute Gasteiger partial charge is 0.334 e. The second-order valence-corrected chi connectivity index (χ2v) is 14.4. The predicted octanol–water partition coefficient (Wildman–Crippen LogP) is 10.5. The van der Waals surface area contributed by atoms with E-state index in [9.17, 15) is 14.4 Å². The zero-order valence-corrected chi connectivity index (χ0v) is 30.8. The van der Waals surface area contributed by atoms with Gasteiger partial charge in [-0.15, -0.1) is 0 Å². The van der Waals surface area contributed by atoms with Crippen molar-refractivity contribution in [1.82, 2.24) is 4.90 Å². The van der Waals surface area contributed by atoms with Gasteiger partial charge in [-0.3, -0.25) is 9.59 Å². The Morgan fingerprint density at radius 1 is 0.809 bits per heavy atom. The van der Waals surface area contributed by atoms with Crippen LogP contribution in [-0.2, 0) is 9.53 Å². The van der Waals surface area contributed by atoms with E-state index >= 15 is 0 Å². The van der Waals surface area contributed by atoms with Crippen LogP contribution in [0.5, 0.6) is 0 Å². The van der Waals surface area contributed by atoms with Crippen molar-refractivity contribution in [2.24, 2.45) is 17.8 Å². The molecule has 2 rings (SSSR count). The molecule has 0 aromatic heterocycles. The highest BCUT2D eigenvalue weighted by Crippen LogP contribution is 2.29. The number of fused-ring (bicyclic) bond motifs is 1. The SMILES string of the molecule is CC1=C(C/C=C(\CCCC(C)CCCC(C)CCCC(C)C)C(=O)OC(C)/C=C\C/C=C\CCN(C)C)C(=O)c2ccccc2C1=O. The molecular formula is C42H63NO4. The fraction of sp³-hybridized carbons (Fsp3) is 0.595. The first kappa shape index (κ1) is 40.1. The van der Waals surface area contributed by atoms with E-state index in [4.69, 9.17) is 4.74 Å². The molecule has 1 aromatic carbocycles. The average molecular weight is 646 g/mol. The molecule has 0 amide bonds. The maximum Gasteiger partial charge on any atom is 0.334 e. The molecule has 1 aliphatic carbocycles. The summed E-state index contributed by atoms with van der Waals surface area (Å²) in [5.41, 5.74) is 2.39. The highest BCUT2D eigenvalue weighted by atomic mass is 16.5. The Morgan fingerprint density at radius 3 is 2.02 bits per heavy atom. The summed E-state index contributed by atoms with van der Waals surface area (Å²) in [7, 11) is 4.13. The molecule has 0 radical (unpaired) electrons. The Labute approximate surface area is 286 Å². The summed E-state index contributed by atoms with van der Waals surface area (Å²) < 4.78 is 5.85. The number of hydrogen-bond acceptors (Lipinski definition) is 5. The molecular weight excluding hydrogens is 582 g/mol. The number of Topliss-reactive ketones (excluding diaryl/α,β-unsaturated/α-hetero) is 2. The van der Waals surface area contributed by atoms with Crippen LogP contribution >= 0.6 is 0 Å². The number of benzene rings is 1. The van der Waals surface area contributed by atoms with Gasteiger partial charge in [0.15, 0.2) is 11.6 Å². The summed E-state index contributed by atoms with van der Waals surface area (Å²) in [5.74, 6) is 1.54. The van der Waals surface area contributed by atoms with Gasteiger partial charge in [0.25, 0.3) is 0 Å². The highest BCUT2D eigenvalue weighted by molar-refractivity contribution is 6.26. The second-order valence-electron chi connectivity index (χ2n) is 14.4. The van der Waals surface area contributed by atoms with Gasteiger partial charge < -0.3 is 9.64 Å². The van der Waals surface area contributed by atoms with Gasteiger partial charge in [-0.2, -0.15) is 0 Å². The summed E-state index contributed by atoms with van der Waals surface area (Å²) in [5, 5.41) is 0. The Kier molecular flexibility index (Phi) is 18.6. The summed E-state index contributed by atoms with van der Waals surface area (Å²) in [6.07, 6.45) is 21.9. The van der Waals surface area contributed by atoms with Crippen LogP contribution in [0.4, 0.5) is 0 Å². The van der Waals surface area contributed by atoms with E-state index in [1.165, 1.54) is 38.5 Å². The first-order valence-corrected chi connectivity index (χ1v) is 18.1. The Bertz CT molecular complexity index is 1260. The molecule has 0 saturated heterocycles. The number of nitrogens with zero attached hydrogens (tertiary/aromatic N) is 1. The third-order valence-electron chi connectivity index (χ3n) is 9.20. The van der Waals surface area contributed by atoms with Gasteiger partial charge in [-0.1, -0.05) is 121 Å². The van der Waals surface area contributed by atoms with Gasteiger partial charge in [0.1, 0.15) is 6.10 Å². The molecule has 0 saturated carbocycles. The summed E-state index contributed by atoms with van der Waals surface area (Å²) >= 11 is 0. The molecule has 260 valence electrons. The lowest BCUT2D eigenvalue weighted by Crippen LogP contribution is -2.21. The van der Waals surface area contributed by atoms with Gasteiger partial charge in [-0.25, -0.2) is 4.79 Å². The molecule has 1 aliphatic rings. The van der Waals surface area contributed by atoms with Crippen LogP contribution in [0.3, 0.4) is 0 Å². The standard InChI is InChI=1S/C42H63NO4/c1-31(2)19-16-20-32(3)21-17-22-33(4)23-18-25-36(42(46)47-34(5)24-12-10-9-11-15-30-43(7)8)28-29-37-35(6)40(44)38-26-13-14-27-39(38)41(37)45/h9,11-14,24,26-28,31-34H,10,15-23,25,29-30H2,1-8H3/b11-9-,24-12-,36-28+. The number of ketones is 2. The van der Waals surface area contributed by atoms with Crippen molar-refractivity contribution in [3.63, 3.8) is 0 Å². The minimum atomic E-state index is -0.367. The third kappa shape index (κ3) is 15.1. The van der Waals surface area contributed by atoms with Crippen molar-refractivity contribution in [2.45, 2.75) is 125 Å². The minimum absolute atomic E-state index is 0.120. The topological polar surface area (TPSA) is 63.7 Å². The van der Waals surface area contributed by atoms with E-state index in [2.05, 4.69) is 58.8 Å². The molecule has 0 fully saturated rings. The summed E-state index contributed by atoms with van der Waals surface area (Å²) in [6, 6.07) is 6.98. The number of hydrogen-bond donors (Lipinski definition) is 0. The maximum atomic E-state index is 13.4. The van der Waals surface area contributed by atoms with Crippen LogP contribution in [0.25, 0.3) is 0 Å². The second kappa shape index (κ2) is 21.8. The lowest BCUT2D eigenvalue weighted by atomic mass is 9.83. The lowest BCUT2D eigenvalue weighted by Gasteiger charge is -2.19. The molecule has 0 aliphatic heterocycles. The van der Waals surface area contributed by atoms with E-state index in [0.29, 0.717) is 40.2 Å². The van der Waals surface area contributed by atoms with Crippen LogP contribution in [0.1, 0.15) is 139 Å². The van der Waals surface area contributed by atoms with E-state index < -0.39 is 0 Å². The van der Waals surface area contributed by atoms with E-state index in [1.807, 2.05) is 25.2 Å². The van der Waals surface area contributed by atoms with E-state index in [1.54, 1.807) is 31.2 Å². The minimum Gasteiger partial charge on any atom is -0.455 e. The predicted molar refractivity (Wildman–Crippen MR) is 197 cm³/mol. The van der Waals surface area contributed by atoms with Gasteiger partial charge >= 0.3 is 5.97 Å². The lowest BCUT2D eigenvalue weighted by molar-refractivity contribution is -0.141. The quantitative estimate of drug-likeness (QED) is 0.0713. The van der Waals surface area contributed by atoms with Crippen molar-refractivity contribution in [3.05, 3.63) is 82.5 Å².